The number of sulfone groups is 1. The lowest BCUT2D eigenvalue weighted by Crippen LogP contribution is -2.27. The summed E-state index contributed by atoms with van der Waals surface area (Å²) in [5, 5.41) is 25.8. The van der Waals surface area contributed by atoms with Gasteiger partial charge in [-0.25, -0.2) is 8.42 Å². The van der Waals surface area contributed by atoms with Gasteiger partial charge in [-0.05, 0) is 34.9 Å². The van der Waals surface area contributed by atoms with Crippen LogP contribution in [0, 0.1) is 0 Å². The minimum absolute atomic E-state index is 0.0461. The highest BCUT2D eigenvalue weighted by atomic mass is 32.2. The molecule has 0 saturated heterocycles. The lowest BCUT2D eigenvalue weighted by Gasteiger charge is -2.13. The van der Waals surface area contributed by atoms with Gasteiger partial charge in [0.2, 0.25) is 5.82 Å². The fourth-order valence-corrected chi connectivity index (χ4v) is 3.91. The van der Waals surface area contributed by atoms with E-state index in [0.29, 0.717) is 17.7 Å². The first-order valence-corrected chi connectivity index (χ1v) is 10.8. The van der Waals surface area contributed by atoms with E-state index in [2.05, 4.69) is 25.9 Å². The molecule has 3 rings (SSSR count). The lowest BCUT2D eigenvalue weighted by molar-refractivity contribution is -0.137. The second kappa shape index (κ2) is 8.50. The SMILES string of the molecule is CC(CC(=O)O)NCc1ccc(-c2cccc(S(C)(=O)=O)c2-c2nn[nH]n2)cc1. The van der Waals surface area contributed by atoms with Crippen LogP contribution in [0.15, 0.2) is 47.4 Å². The van der Waals surface area contributed by atoms with E-state index in [9.17, 15) is 13.2 Å². The Morgan fingerprint density at radius 2 is 1.93 bits per heavy atom. The normalized spacial score (nSPS) is 12.6. The summed E-state index contributed by atoms with van der Waals surface area (Å²) in [6.45, 7) is 2.34. The van der Waals surface area contributed by atoms with E-state index >= 15 is 0 Å². The number of carboxylic acid groups (broad SMARTS) is 1. The molecule has 152 valence electrons. The van der Waals surface area contributed by atoms with Gasteiger partial charge in [0.05, 0.1) is 11.3 Å². The van der Waals surface area contributed by atoms with Crippen molar-refractivity contribution in [2.45, 2.75) is 30.8 Å². The van der Waals surface area contributed by atoms with Gasteiger partial charge in [-0.2, -0.15) is 5.21 Å². The van der Waals surface area contributed by atoms with Crippen LogP contribution in [-0.4, -0.2) is 52.4 Å². The Balaban J connectivity index is 1.92. The van der Waals surface area contributed by atoms with Crippen LogP contribution in [0.2, 0.25) is 0 Å². The zero-order chi connectivity index (χ0) is 21.0. The molecule has 1 atom stereocenters. The van der Waals surface area contributed by atoms with Crippen molar-refractivity contribution in [3.05, 3.63) is 48.0 Å². The quantitative estimate of drug-likeness (QED) is 0.507. The van der Waals surface area contributed by atoms with E-state index < -0.39 is 15.8 Å². The summed E-state index contributed by atoms with van der Waals surface area (Å²) < 4.78 is 24.6. The van der Waals surface area contributed by atoms with Crippen LogP contribution in [-0.2, 0) is 21.2 Å². The smallest absolute Gasteiger partial charge is 0.304 e. The number of aromatic amines is 1. The van der Waals surface area contributed by atoms with Gasteiger partial charge >= 0.3 is 5.97 Å². The number of H-pyrrole nitrogens is 1. The van der Waals surface area contributed by atoms with Crippen molar-refractivity contribution in [2.75, 3.05) is 6.26 Å². The molecule has 3 N–H and O–H groups in total. The predicted molar refractivity (Wildman–Crippen MR) is 107 cm³/mol. The Morgan fingerprint density at radius 3 is 2.52 bits per heavy atom. The van der Waals surface area contributed by atoms with Gasteiger partial charge in [-0.1, -0.05) is 36.4 Å². The van der Waals surface area contributed by atoms with Crippen molar-refractivity contribution < 1.29 is 18.3 Å². The largest absolute Gasteiger partial charge is 0.481 e. The molecule has 3 aromatic rings. The molecule has 0 spiro atoms. The number of aromatic nitrogens is 4. The molecule has 10 heteroatoms. The first-order valence-electron chi connectivity index (χ1n) is 8.87. The molecule has 2 aromatic carbocycles. The van der Waals surface area contributed by atoms with Crippen LogP contribution in [0.4, 0.5) is 0 Å². The van der Waals surface area contributed by atoms with E-state index in [1.165, 1.54) is 6.07 Å². The molecular formula is C19H21N5O4S. The third-order valence-corrected chi connectivity index (χ3v) is 5.53. The third-order valence-electron chi connectivity index (χ3n) is 4.40. The van der Waals surface area contributed by atoms with Crippen LogP contribution in [0.25, 0.3) is 22.5 Å². The molecule has 1 unspecified atom stereocenters. The number of nitrogens with one attached hydrogen (secondary N) is 2. The highest BCUT2D eigenvalue weighted by molar-refractivity contribution is 7.90. The molecule has 0 saturated carbocycles. The van der Waals surface area contributed by atoms with Gasteiger partial charge in [0.1, 0.15) is 0 Å². The summed E-state index contributed by atoms with van der Waals surface area (Å²) in [5.74, 6) is -0.644. The second-order valence-electron chi connectivity index (χ2n) is 6.76. The van der Waals surface area contributed by atoms with Gasteiger partial charge in [0, 0.05) is 24.4 Å². The predicted octanol–water partition coefficient (Wildman–Crippen LogP) is 1.89. The van der Waals surface area contributed by atoms with E-state index in [1.54, 1.807) is 6.07 Å². The summed E-state index contributed by atoms with van der Waals surface area (Å²) in [6, 6.07) is 12.4. The number of carboxylic acids is 1. The van der Waals surface area contributed by atoms with Crippen molar-refractivity contribution in [3.63, 3.8) is 0 Å². The number of carbonyl (C=O) groups is 1. The lowest BCUT2D eigenvalue weighted by atomic mass is 9.98. The molecular weight excluding hydrogens is 394 g/mol. The van der Waals surface area contributed by atoms with Gasteiger partial charge in [0.25, 0.3) is 0 Å². The van der Waals surface area contributed by atoms with Crippen LogP contribution in [0.3, 0.4) is 0 Å². The van der Waals surface area contributed by atoms with Crippen LogP contribution in [0.5, 0.6) is 0 Å². The maximum atomic E-state index is 12.3. The minimum Gasteiger partial charge on any atom is -0.481 e. The number of hydrogen-bond donors (Lipinski definition) is 3. The summed E-state index contributed by atoms with van der Waals surface area (Å²) in [6.07, 6.45) is 1.19. The van der Waals surface area contributed by atoms with Crippen LogP contribution < -0.4 is 5.32 Å². The Hall–Kier alpha value is -3.11. The van der Waals surface area contributed by atoms with Crippen LogP contribution in [0.1, 0.15) is 18.9 Å². The Labute approximate surface area is 168 Å². The highest BCUT2D eigenvalue weighted by Gasteiger charge is 2.21. The molecule has 1 heterocycles. The molecule has 0 amide bonds. The first-order chi connectivity index (χ1) is 13.8. The van der Waals surface area contributed by atoms with Gasteiger partial charge in [-0.3, -0.25) is 4.79 Å². The molecule has 29 heavy (non-hydrogen) atoms. The monoisotopic (exact) mass is 415 g/mol. The van der Waals surface area contributed by atoms with Crippen molar-refractivity contribution in [3.8, 4) is 22.5 Å². The fourth-order valence-electron chi connectivity index (χ4n) is 3.01. The van der Waals surface area contributed by atoms with Gasteiger partial charge < -0.3 is 10.4 Å². The first kappa shape index (κ1) is 20.6. The third kappa shape index (κ3) is 5.04. The standard InChI is InChI=1S/C19H21N5O4S/c1-12(10-17(25)26)20-11-13-6-8-14(9-7-13)15-4-3-5-16(29(2,27)28)18(15)19-21-23-24-22-19/h3-9,12,20H,10-11H2,1-2H3,(H,25,26)(H,21,22,23,24). The molecule has 0 aliphatic carbocycles. The summed E-state index contributed by atoms with van der Waals surface area (Å²) in [7, 11) is -3.51. The number of benzene rings is 2. The maximum absolute atomic E-state index is 12.3. The van der Waals surface area contributed by atoms with E-state index in [4.69, 9.17) is 5.11 Å². The Bertz CT molecular complexity index is 1100. The number of tetrazole rings is 1. The van der Waals surface area contributed by atoms with Crippen molar-refractivity contribution in [1.82, 2.24) is 25.9 Å². The molecule has 1 aromatic heterocycles. The highest BCUT2D eigenvalue weighted by Crippen LogP contribution is 2.35. The number of nitrogens with zero attached hydrogens (tertiary/aromatic N) is 3. The molecule has 0 aliphatic heterocycles. The molecule has 0 aliphatic rings. The number of hydrogen-bond acceptors (Lipinski definition) is 7. The zero-order valence-corrected chi connectivity index (χ0v) is 16.8. The Morgan fingerprint density at radius 1 is 1.21 bits per heavy atom. The fraction of sp³-hybridized carbons (Fsp3) is 0.263. The second-order valence-corrected chi connectivity index (χ2v) is 8.75. The minimum atomic E-state index is -3.51. The number of rotatable bonds is 8. The average Bonchev–Trinajstić information content (AvgIpc) is 3.19. The van der Waals surface area contributed by atoms with Gasteiger partial charge in [-0.15, -0.1) is 10.2 Å². The molecule has 0 fully saturated rings. The average molecular weight is 415 g/mol. The molecule has 9 nitrogen and oxygen atoms in total. The molecule has 0 radical (unpaired) electrons. The zero-order valence-electron chi connectivity index (χ0n) is 16.0. The summed E-state index contributed by atoms with van der Waals surface area (Å²) in [4.78, 5) is 10.9. The number of aliphatic carboxylic acids is 1. The van der Waals surface area contributed by atoms with Crippen molar-refractivity contribution in [2.24, 2.45) is 0 Å². The van der Waals surface area contributed by atoms with E-state index in [0.717, 1.165) is 17.4 Å². The molecule has 0 bridgehead atoms. The van der Waals surface area contributed by atoms with Crippen molar-refractivity contribution in [1.29, 1.82) is 0 Å². The summed E-state index contributed by atoms with van der Waals surface area (Å²) >= 11 is 0. The maximum Gasteiger partial charge on any atom is 0.304 e. The van der Waals surface area contributed by atoms with E-state index in [-0.39, 0.29) is 23.2 Å². The Kier molecular flexibility index (Phi) is 6.04. The topological polar surface area (TPSA) is 138 Å². The summed E-state index contributed by atoms with van der Waals surface area (Å²) in [5.41, 5.74) is 2.85. The van der Waals surface area contributed by atoms with Gasteiger partial charge in [0.15, 0.2) is 9.84 Å². The van der Waals surface area contributed by atoms with Crippen molar-refractivity contribution >= 4 is 15.8 Å². The van der Waals surface area contributed by atoms with E-state index in [1.807, 2.05) is 37.3 Å². The van der Waals surface area contributed by atoms with Crippen LogP contribution >= 0.6 is 0 Å².